The summed E-state index contributed by atoms with van der Waals surface area (Å²) in [5.74, 6) is -1.51. The minimum Gasteiger partial charge on any atom is -0.462 e. The molecule has 0 amide bonds. The van der Waals surface area contributed by atoms with Gasteiger partial charge < -0.3 is 20.7 Å². The number of hydrogen-bond donors (Lipinski definition) is 2. The number of rotatable bonds is 4. The highest BCUT2D eigenvalue weighted by Gasteiger charge is 2.19. The van der Waals surface area contributed by atoms with Gasteiger partial charge >= 0.3 is 0 Å². The number of halogens is 2. The first-order chi connectivity index (χ1) is 11.3. The third-order valence-electron chi connectivity index (χ3n) is 3.41. The van der Waals surface area contributed by atoms with Crippen molar-refractivity contribution in [3.05, 3.63) is 29.3 Å². The quantitative estimate of drug-likeness (QED) is 0.817. The van der Waals surface area contributed by atoms with E-state index < -0.39 is 11.6 Å². The Morgan fingerprint density at radius 1 is 1.25 bits per heavy atom. The second-order valence-corrected chi connectivity index (χ2v) is 6.47. The molecule has 0 aliphatic carbocycles. The van der Waals surface area contributed by atoms with Gasteiger partial charge in [0.1, 0.15) is 5.60 Å². The van der Waals surface area contributed by atoms with Crippen LogP contribution in [0.3, 0.4) is 0 Å². The number of ether oxygens (including phenoxy) is 1. The fraction of sp³-hybridized carbons (Fsp3) is 0.588. The monoisotopic (exact) mass is 343 g/mol. The zero-order valence-corrected chi connectivity index (χ0v) is 14.6. The molecule has 1 aromatic carbocycles. The maximum absolute atomic E-state index is 13.9. The van der Waals surface area contributed by atoms with Crippen LogP contribution in [-0.4, -0.2) is 44.8 Å². The number of hydrogen-bond acceptors (Lipinski definition) is 5. The molecule has 1 heterocycles. The van der Waals surface area contributed by atoms with Crippen molar-refractivity contribution in [2.45, 2.75) is 32.8 Å². The van der Waals surface area contributed by atoms with Crippen molar-refractivity contribution in [3.8, 4) is 0 Å². The molecule has 1 aliphatic rings. The van der Waals surface area contributed by atoms with E-state index in [-0.39, 0.29) is 5.60 Å². The number of anilines is 1. The van der Waals surface area contributed by atoms with Gasteiger partial charge in [-0.25, -0.2) is 8.78 Å². The van der Waals surface area contributed by atoms with Gasteiger partial charge in [-0.1, -0.05) is 6.07 Å². The third-order valence-corrected chi connectivity index (χ3v) is 3.41. The van der Waals surface area contributed by atoms with Crippen LogP contribution in [-0.2, 0) is 16.0 Å². The van der Waals surface area contributed by atoms with Gasteiger partial charge in [-0.3, -0.25) is 4.79 Å². The number of piperazine rings is 1. The van der Waals surface area contributed by atoms with Crippen LogP contribution >= 0.6 is 0 Å². The maximum atomic E-state index is 13.9. The van der Waals surface area contributed by atoms with Crippen molar-refractivity contribution in [1.82, 2.24) is 5.32 Å². The van der Waals surface area contributed by atoms with Gasteiger partial charge in [-0.15, -0.1) is 0 Å². The van der Waals surface area contributed by atoms with Gasteiger partial charge in [0.2, 0.25) is 0 Å². The van der Waals surface area contributed by atoms with Gasteiger partial charge in [0.05, 0.1) is 5.69 Å². The van der Waals surface area contributed by atoms with Crippen molar-refractivity contribution in [3.63, 3.8) is 0 Å². The van der Waals surface area contributed by atoms with E-state index in [0.29, 0.717) is 43.8 Å². The highest BCUT2D eigenvalue weighted by molar-refractivity contribution is 5.50. The normalized spacial score (nSPS) is 14.7. The molecule has 0 radical (unpaired) electrons. The first-order valence-electron chi connectivity index (χ1n) is 8.04. The first-order valence-corrected chi connectivity index (χ1v) is 8.04. The molecule has 136 valence electrons. The van der Waals surface area contributed by atoms with E-state index in [9.17, 15) is 13.6 Å². The zero-order chi connectivity index (χ0) is 18.2. The summed E-state index contributed by atoms with van der Waals surface area (Å²) < 4.78 is 32.2. The average Bonchev–Trinajstić information content (AvgIpc) is 2.52. The zero-order valence-electron chi connectivity index (χ0n) is 14.6. The summed E-state index contributed by atoms with van der Waals surface area (Å²) in [4.78, 5) is 11.5. The predicted octanol–water partition coefficient (Wildman–Crippen LogP) is 1.83. The Kier molecular flexibility index (Phi) is 8.07. The molecular weight excluding hydrogens is 316 g/mol. The number of nitrogens with one attached hydrogen (secondary N) is 1. The SMILES string of the molecule is CC(C)(C)OC=O.NCCc1ccc(N2CCNCC2)c(F)c1F. The molecule has 1 fully saturated rings. The Balaban J connectivity index is 0.000000351. The summed E-state index contributed by atoms with van der Waals surface area (Å²) in [6.07, 6.45) is 0.366. The largest absolute Gasteiger partial charge is 0.462 e. The van der Waals surface area contributed by atoms with Crippen LogP contribution in [0.15, 0.2) is 12.1 Å². The lowest BCUT2D eigenvalue weighted by molar-refractivity contribution is -0.138. The Labute approximate surface area is 142 Å². The fourth-order valence-corrected chi connectivity index (χ4v) is 2.22. The topological polar surface area (TPSA) is 67.6 Å². The molecule has 7 heteroatoms. The summed E-state index contributed by atoms with van der Waals surface area (Å²) in [6.45, 7) is 9.24. The first kappa shape index (κ1) is 20.3. The van der Waals surface area contributed by atoms with Crippen LogP contribution in [0.1, 0.15) is 26.3 Å². The van der Waals surface area contributed by atoms with Crippen LogP contribution in [0, 0.1) is 11.6 Å². The molecule has 1 saturated heterocycles. The van der Waals surface area contributed by atoms with Crippen LogP contribution in [0.4, 0.5) is 14.5 Å². The molecule has 0 bridgehead atoms. The summed E-state index contributed by atoms with van der Waals surface area (Å²) >= 11 is 0. The lowest BCUT2D eigenvalue weighted by Crippen LogP contribution is -2.44. The van der Waals surface area contributed by atoms with Gasteiger partial charge in [0, 0.05) is 26.2 Å². The van der Waals surface area contributed by atoms with E-state index in [4.69, 9.17) is 5.73 Å². The average molecular weight is 343 g/mol. The Hall–Kier alpha value is -1.73. The second kappa shape index (κ2) is 9.54. The summed E-state index contributed by atoms with van der Waals surface area (Å²) in [6, 6.07) is 3.28. The van der Waals surface area contributed by atoms with Crippen LogP contribution in [0.5, 0.6) is 0 Å². The molecule has 0 atom stereocenters. The molecule has 3 N–H and O–H groups in total. The third kappa shape index (κ3) is 6.41. The standard InChI is InChI=1S/C12H17F2N3.C5H10O2/c13-11-9(3-4-15)1-2-10(12(11)14)17-7-5-16-6-8-17;1-5(2,3)7-4-6/h1-2,16H,3-8,15H2;4H,1-3H3. The Morgan fingerprint density at radius 3 is 2.33 bits per heavy atom. The second-order valence-electron chi connectivity index (χ2n) is 6.47. The van der Waals surface area contributed by atoms with Crippen LogP contribution < -0.4 is 16.0 Å². The molecule has 1 aliphatic heterocycles. The molecule has 0 unspecified atom stereocenters. The lowest BCUT2D eigenvalue weighted by atomic mass is 10.1. The molecule has 5 nitrogen and oxygen atoms in total. The minimum absolute atomic E-state index is 0.318. The molecule has 0 aromatic heterocycles. The molecule has 0 saturated carbocycles. The van der Waals surface area contributed by atoms with Gasteiger partial charge in [0.15, 0.2) is 11.6 Å². The molecule has 2 rings (SSSR count). The molecular formula is C17H27F2N3O2. The van der Waals surface area contributed by atoms with E-state index in [1.54, 1.807) is 12.1 Å². The van der Waals surface area contributed by atoms with E-state index in [1.165, 1.54) is 0 Å². The smallest absolute Gasteiger partial charge is 0.293 e. The maximum Gasteiger partial charge on any atom is 0.293 e. The predicted molar refractivity (Wildman–Crippen MR) is 91.1 cm³/mol. The van der Waals surface area contributed by atoms with Crippen LogP contribution in [0.2, 0.25) is 0 Å². The number of carbonyl (C=O) groups excluding carboxylic acids is 1. The number of nitrogens with zero attached hydrogens (tertiary/aromatic N) is 1. The van der Waals surface area contributed by atoms with E-state index >= 15 is 0 Å². The summed E-state index contributed by atoms with van der Waals surface area (Å²) in [5, 5.41) is 3.18. The van der Waals surface area contributed by atoms with Gasteiger partial charge in [-0.2, -0.15) is 0 Å². The molecule has 24 heavy (non-hydrogen) atoms. The number of nitrogens with two attached hydrogens (primary N) is 1. The van der Waals surface area contributed by atoms with Crippen molar-refractivity contribution >= 4 is 12.2 Å². The fourth-order valence-electron chi connectivity index (χ4n) is 2.22. The van der Waals surface area contributed by atoms with E-state index in [0.717, 1.165) is 13.1 Å². The van der Waals surface area contributed by atoms with Crippen molar-refractivity contribution in [2.24, 2.45) is 5.73 Å². The summed E-state index contributed by atoms with van der Waals surface area (Å²) in [5.41, 5.74) is 5.74. The number of carbonyl (C=O) groups is 1. The number of benzene rings is 1. The van der Waals surface area contributed by atoms with Gasteiger partial charge in [0.25, 0.3) is 6.47 Å². The molecule has 0 spiro atoms. The molecule has 1 aromatic rings. The minimum atomic E-state index is -0.758. The van der Waals surface area contributed by atoms with E-state index in [1.807, 2.05) is 25.7 Å². The van der Waals surface area contributed by atoms with Crippen molar-refractivity contribution < 1.29 is 18.3 Å². The Bertz CT molecular complexity index is 527. The van der Waals surface area contributed by atoms with Crippen molar-refractivity contribution in [1.29, 1.82) is 0 Å². The highest BCUT2D eigenvalue weighted by Crippen LogP contribution is 2.24. The lowest BCUT2D eigenvalue weighted by Gasteiger charge is -2.30. The van der Waals surface area contributed by atoms with Crippen molar-refractivity contribution in [2.75, 3.05) is 37.6 Å². The van der Waals surface area contributed by atoms with Gasteiger partial charge in [-0.05, 0) is 45.4 Å². The highest BCUT2D eigenvalue weighted by atomic mass is 19.2. The van der Waals surface area contributed by atoms with E-state index in [2.05, 4.69) is 10.1 Å². The Morgan fingerprint density at radius 2 is 1.88 bits per heavy atom. The summed E-state index contributed by atoms with van der Waals surface area (Å²) in [7, 11) is 0. The van der Waals surface area contributed by atoms with Crippen LogP contribution in [0.25, 0.3) is 0 Å².